The first-order valence-electron chi connectivity index (χ1n) is 6.75. The van der Waals surface area contributed by atoms with Crippen LogP contribution in [0.25, 0.3) is 33.1 Å². The second-order valence-electron chi connectivity index (χ2n) is 4.96. The van der Waals surface area contributed by atoms with Crippen molar-refractivity contribution in [1.82, 2.24) is 9.97 Å². The number of phenols is 1. The summed E-state index contributed by atoms with van der Waals surface area (Å²) >= 11 is 0. The van der Waals surface area contributed by atoms with E-state index < -0.39 is 0 Å². The molecule has 0 unspecified atom stereocenters. The van der Waals surface area contributed by atoms with Crippen molar-refractivity contribution in [1.29, 1.82) is 0 Å². The van der Waals surface area contributed by atoms with E-state index in [2.05, 4.69) is 17.1 Å². The van der Waals surface area contributed by atoms with E-state index in [4.69, 9.17) is 4.98 Å². The van der Waals surface area contributed by atoms with Crippen molar-refractivity contribution in [3.63, 3.8) is 0 Å². The molecular formula is C18H13LiN2O. The van der Waals surface area contributed by atoms with Gasteiger partial charge < -0.3 is 6.53 Å². The molecule has 0 radical (unpaired) electrons. The van der Waals surface area contributed by atoms with Gasteiger partial charge in [-0.15, -0.1) is 0 Å². The molecule has 0 aliphatic carbocycles. The average Bonchev–Trinajstić information content (AvgIpc) is 2.54. The normalized spacial score (nSPS) is 10.5. The second kappa shape index (κ2) is 5.80. The Balaban J connectivity index is 0.000000960. The van der Waals surface area contributed by atoms with Crippen molar-refractivity contribution in [2.24, 2.45) is 0 Å². The number of hydrogen-bond donors (Lipinski definition) is 1. The van der Waals surface area contributed by atoms with Crippen LogP contribution in [-0.4, -0.2) is 15.1 Å². The number of aromatic hydroxyl groups is 1. The molecule has 0 aliphatic heterocycles. The van der Waals surface area contributed by atoms with Crippen LogP contribution in [0.1, 0.15) is 1.43 Å². The van der Waals surface area contributed by atoms with Crippen LogP contribution >= 0.6 is 0 Å². The van der Waals surface area contributed by atoms with E-state index in [1.165, 1.54) is 0 Å². The van der Waals surface area contributed by atoms with E-state index in [9.17, 15) is 5.11 Å². The smallest absolute Gasteiger partial charge is 1.00 e. The standard InChI is InChI=1S/C18H12N2O.Li.H/c21-15-5-1-3-14(11-15)16-9-8-13-7-6-12-4-2-10-19-17(12)18(13)20-16;;/h1-11,21H;;/q;+1;-1. The summed E-state index contributed by atoms with van der Waals surface area (Å²) in [5.74, 6) is 0.241. The molecule has 2 aromatic heterocycles. The molecule has 0 amide bonds. The molecule has 4 rings (SSSR count). The third-order valence-corrected chi connectivity index (χ3v) is 3.57. The molecular weight excluding hydrogens is 267 g/mol. The van der Waals surface area contributed by atoms with E-state index in [0.717, 1.165) is 33.1 Å². The number of nitrogens with zero attached hydrogens (tertiary/aromatic N) is 2. The van der Waals surface area contributed by atoms with Gasteiger partial charge in [-0.3, -0.25) is 4.98 Å². The summed E-state index contributed by atoms with van der Waals surface area (Å²) < 4.78 is 0. The van der Waals surface area contributed by atoms with Crippen LogP contribution in [0.4, 0.5) is 0 Å². The first-order valence-corrected chi connectivity index (χ1v) is 6.75. The molecule has 0 aliphatic rings. The topological polar surface area (TPSA) is 46.0 Å². The summed E-state index contributed by atoms with van der Waals surface area (Å²) in [6.45, 7) is 0. The molecule has 0 saturated carbocycles. The minimum atomic E-state index is 0. The SMILES string of the molecule is Oc1cccc(-c2ccc3ccc4cccnc4c3n2)c1.[H-].[Li+]. The van der Waals surface area contributed by atoms with Gasteiger partial charge in [0, 0.05) is 22.5 Å². The summed E-state index contributed by atoms with van der Waals surface area (Å²) in [5.41, 5.74) is 3.51. The summed E-state index contributed by atoms with van der Waals surface area (Å²) in [4.78, 5) is 9.19. The van der Waals surface area contributed by atoms with Crippen molar-refractivity contribution in [2.45, 2.75) is 0 Å². The zero-order valence-corrected chi connectivity index (χ0v) is 12.2. The molecule has 0 atom stereocenters. The zero-order valence-electron chi connectivity index (χ0n) is 13.2. The number of aromatic nitrogens is 2. The van der Waals surface area contributed by atoms with Gasteiger partial charge in [0.15, 0.2) is 0 Å². The summed E-state index contributed by atoms with van der Waals surface area (Å²) in [6.07, 6.45) is 1.78. The molecule has 4 aromatic rings. The maximum atomic E-state index is 9.62. The molecule has 4 heteroatoms. The average molecular weight is 280 g/mol. The number of hydrogen-bond acceptors (Lipinski definition) is 3. The molecule has 3 nitrogen and oxygen atoms in total. The number of phenolic OH excluding ortho intramolecular Hbond substituents is 1. The number of benzene rings is 2. The molecule has 0 bridgehead atoms. The van der Waals surface area contributed by atoms with Gasteiger partial charge in [-0.05, 0) is 24.3 Å². The molecule has 0 fully saturated rings. The van der Waals surface area contributed by atoms with Gasteiger partial charge in [-0.2, -0.15) is 0 Å². The molecule has 102 valence electrons. The van der Waals surface area contributed by atoms with E-state index in [0.29, 0.717) is 0 Å². The molecule has 0 saturated heterocycles. The first-order chi connectivity index (χ1) is 10.3. The van der Waals surface area contributed by atoms with Crippen LogP contribution < -0.4 is 18.9 Å². The number of fused-ring (bicyclic) bond motifs is 3. The molecule has 2 aromatic carbocycles. The predicted octanol–water partition coefficient (Wildman–Crippen LogP) is 1.27. The van der Waals surface area contributed by atoms with Gasteiger partial charge in [0.25, 0.3) is 0 Å². The monoisotopic (exact) mass is 280 g/mol. The van der Waals surface area contributed by atoms with Crippen LogP contribution in [0.3, 0.4) is 0 Å². The molecule has 0 spiro atoms. The number of pyridine rings is 2. The van der Waals surface area contributed by atoms with Crippen molar-refractivity contribution in [3.8, 4) is 17.0 Å². The Morgan fingerprint density at radius 1 is 0.818 bits per heavy atom. The van der Waals surface area contributed by atoms with Gasteiger partial charge in [0.2, 0.25) is 0 Å². The van der Waals surface area contributed by atoms with Crippen LogP contribution in [0.2, 0.25) is 0 Å². The molecule has 2 heterocycles. The third-order valence-electron chi connectivity index (χ3n) is 3.57. The van der Waals surface area contributed by atoms with Gasteiger partial charge in [0.05, 0.1) is 16.7 Å². The Labute approximate surface area is 141 Å². The number of rotatable bonds is 1. The summed E-state index contributed by atoms with van der Waals surface area (Å²) in [7, 11) is 0. The van der Waals surface area contributed by atoms with E-state index in [1.54, 1.807) is 18.3 Å². The van der Waals surface area contributed by atoms with Crippen LogP contribution in [0.15, 0.2) is 66.9 Å². The molecule has 1 N–H and O–H groups in total. The Kier molecular flexibility index (Phi) is 3.85. The van der Waals surface area contributed by atoms with Crippen LogP contribution in [-0.2, 0) is 0 Å². The third kappa shape index (κ3) is 2.46. The maximum Gasteiger partial charge on any atom is 1.00 e. The molecule has 22 heavy (non-hydrogen) atoms. The van der Waals surface area contributed by atoms with Gasteiger partial charge in [0.1, 0.15) is 5.75 Å². The predicted molar refractivity (Wildman–Crippen MR) is 85.3 cm³/mol. The zero-order chi connectivity index (χ0) is 14.2. The Hall–Kier alpha value is -2.34. The Bertz CT molecular complexity index is 975. The van der Waals surface area contributed by atoms with Crippen LogP contribution in [0.5, 0.6) is 5.75 Å². The van der Waals surface area contributed by atoms with Gasteiger partial charge in [-0.25, -0.2) is 4.98 Å². The summed E-state index contributed by atoms with van der Waals surface area (Å²) in [5, 5.41) is 11.8. The van der Waals surface area contributed by atoms with E-state index in [1.807, 2.05) is 36.4 Å². The first kappa shape index (κ1) is 14.6. The van der Waals surface area contributed by atoms with Crippen molar-refractivity contribution in [3.05, 3.63) is 66.9 Å². The quantitative estimate of drug-likeness (QED) is 0.422. The minimum Gasteiger partial charge on any atom is -1.00 e. The largest absolute Gasteiger partial charge is 1.00 e. The fraction of sp³-hybridized carbons (Fsp3) is 0. The van der Waals surface area contributed by atoms with Crippen molar-refractivity contribution in [2.75, 3.05) is 0 Å². The van der Waals surface area contributed by atoms with E-state index >= 15 is 0 Å². The fourth-order valence-electron chi connectivity index (χ4n) is 2.55. The second-order valence-corrected chi connectivity index (χ2v) is 4.96. The van der Waals surface area contributed by atoms with Gasteiger partial charge >= 0.3 is 18.9 Å². The van der Waals surface area contributed by atoms with E-state index in [-0.39, 0.29) is 26.0 Å². The minimum absolute atomic E-state index is 0. The Morgan fingerprint density at radius 3 is 2.41 bits per heavy atom. The Morgan fingerprint density at radius 2 is 1.59 bits per heavy atom. The van der Waals surface area contributed by atoms with Crippen molar-refractivity contribution < 1.29 is 25.4 Å². The fourth-order valence-corrected chi connectivity index (χ4v) is 2.55. The van der Waals surface area contributed by atoms with Gasteiger partial charge in [-0.1, -0.05) is 36.4 Å². The maximum absolute atomic E-state index is 9.62. The van der Waals surface area contributed by atoms with Crippen LogP contribution in [0, 0.1) is 0 Å². The summed E-state index contributed by atoms with van der Waals surface area (Å²) in [6, 6.07) is 19.2. The van der Waals surface area contributed by atoms with Crippen molar-refractivity contribution >= 4 is 21.8 Å².